The molecule has 5 N–H and O–H groups in total. The standard InChI is InChI=1S/C24H31N3O6/c1-17(19-12-6-3-7-13-19)26-22(29)21(28)20(27-23(30)31)14-8-9-15-25-24(32)33-16-18-10-4-2-5-11-18/h2-7,10-13,17,20-21,27-28H,8-9,14-16H2,1H3,(H,25,32)(H,26,29)(H,30,31)/t17-,20?,21?/m1/s1. The van der Waals surface area contributed by atoms with E-state index in [-0.39, 0.29) is 19.1 Å². The highest BCUT2D eigenvalue weighted by Gasteiger charge is 2.28. The number of carbonyl (C=O) groups is 3. The quantitative estimate of drug-likeness (QED) is 0.311. The fourth-order valence-electron chi connectivity index (χ4n) is 3.23. The van der Waals surface area contributed by atoms with Gasteiger partial charge in [0.2, 0.25) is 0 Å². The number of carboxylic acid groups (broad SMARTS) is 1. The minimum Gasteiger partial charge on any atom is -0.465 e. The van der Waals surface area contributed by atoms with E-state index in [2.05, 4.69) is 16.0 Å². The van der Waals surface area contributed by atoms with Gasteiger partial charge in [-0.15, -0.1) is 0 Å². The average Bonchev–Trinajstić information content (AvgIpc) is 2.82. The summed E-state index contributed by atoms with van der Waals surface area (Å²) in [5, 5.41) is 27.0. The first kappa shape index (κ1) is 25.7. The van der Waals surface area contributed by atoms with Crippen LogP contribution in [-0.4, -0.2) is 47.0 Å². The summed E-state index contributed by atoms with van der Waals surface area (Å²) in [4.78, 5) is 35.3. The Bertz CT molecular complexity index is 878. The van der Waals surface area contributed by atoms with Crippen LogP contribution in [0.2, 0.25) is 0 Å². The fraction of sp³-hybridized carbons (Fsp3) is 0.375. The molecule has 0 aromatic heterocycles. The maximum atomic E-state index is 12.4. The summed E-state index contributed by atoms with van der Waals surface area (Å²) in [6.07, 6.45) is -2.20. The Kier molecular flexibility index (Phi) is 10.7. The zero-order valence-corrected chi connectivity index (χ0v) is 18.6. The van der Waals surface area contributed by atoms with Crippen LogP contribution in [0.4, 0.5) is 9.59 Å². The molecule has 0 aliphatic rings. The molecule has 3 amide bonds. The Balaban J connectivity index is 1.73. The van der Waals surface area contributed by atoms with E-state index in [0.717, 1.165) is 11.1 Å². The lowest BCUT2D eigenvalue weighted by molar-refractivity contribution is -0.131. The molecule has 9 heteroatoms. The largest absolute Gasteiger partial charge is 0.465 e. The summed E-state index contributed by atoms with van der Waals surface area (Å²) in [5.74, 6) is -0.660. The van der Waals surface area contributed by atoms with Crippen LogP contribution in [-0.2, 0) is 16.1 Å². The van der Waals surface area contributed by atoms with Crippen LogP contribution in [0.1, 0.15) is 43.4 Å². The van der Waals surface area contributed by atoms with Crippen molar-refractivity contribution in [3.63, 3.8) is 0 Å². The van der Waals surface area contributed by atoms with Crippen molar-refractivity contribution in [2.24, 2.45) is 0 Å². The summed E-state index contributed by atoms with van der Waals surface area (Å²) >= 11 is 0. The average molecular weight is 458 g/mol. The number of aliphatic hydroxyl groups is 1. The number of benzene rings is 2. The van der Waals surface area contributed by atoms with Crippen LogP contribution in [0.3, 0.4) is 0 Å². The third-order valence-corrected chi connectivity index (χ3v) is 5.04. The van der Waals surface area contributed by atoms with Crippen LogP contribution >= 0.6 is 0 Å². The second-order valence-electron chi connectivity index (χ2n) is 7.63. The third kappa shape index (κ3) is 9.61. The lowest BCUT2D eigenvalue weighted by atomic mass is 10.0. The van der Waals surface area contributed by atoms with Gasteiger partial charge < -0.3 is 30.9 Å². The van der Waals surface area contributed by atoms with Crippen LogP contribution in [0, 0.1) is 0 Å². The Morgan fingerprint density at radius 1 is 0.939 bits per heavy atom. The molecular formula is C24H31N3O6. The van der Waals surface area contributed by atoms with Crippen LogP contribution < -0.4 is 16.0 Å². The number of hydrogen-bond acceptors (Lipinski definition) is 5. The molecule has 0 fully saturated rings. The molecule has 2 aromatic rings. The summed E-state index contributed by atoms with van der Waals surface area (Å²) < 4.78 is 5.12. The summed E-state index contributed by atoms with van der Waals surface area (Å²) in [5.41, 5.74) is 1.75. The molecule has 33 heavy (non-hydrogen) atoms. The van der Waals surface area contributed by atoms with Crippen molar-refractivity contribution in [1.29, 1.82) is 0 Å². The second kappa shape index (κ2) is 13.7. The molecule has 0 saturated heterocycles. The molecular weight excluding hydrogens is 426 g/mol. The van der Waals surface area contributed by atoms with Gasteiger partial charge in [-0.2, -0.15) is 0 Å². The zero-order chi connectivity index (χ0) is 24.1. The Labute approximate surface area is 193 Å². The maximum absolute atomic E-state index is 12.4. The van der Waals surface area contributed by atoms with E-state index in [1.165, 1.54) is 0 Å². The van der Waals surface area contributed by atoms with E-state index < -0.39 is 30.2 Å². The topological polar surface area (TPSA) is 137 Å². The van der Waals surface area contributed by atoms with Gasteiger partial charge in [0.05, 0.1) is 12.1 Å². The zero-order valence-electron chi connectivity index (χ0n) is 18.6. The molecule has 0 aliphatic heterocycles. The van der Waals surface area contributed by atoms with Gasteiger partial charge in [-0.3, -0.25) is 4.79 Å². The van der Waals surface area contributed by atoms with Gasteiger partial charge in [-0.1, -0.05) is 60.7 Å². The minimum atomic E-state index is -1.55. The van der Waals surface area contributed by atoms with Gasteiger partial charge >= 0.3 is 12.2 Å². The van der Waals surface area contributed by atoms with Crippen molar-refractivity contribution in [1.82, 2.24) is 16.0 Å². The fourth-order valence-corrected chi connectivity index (χ4v) is 3.23. The van der Waals surface area contributed by atoms with Crippen molar-refractivity contribution in [2.75, 3.05) is 6.54 Å². The first-order valence-corrected chi connectivity index (χ1v) is 10.8. The van der Waals surface area contributed by atoms with Gasteiger partial charge in [-0.05, 0) is 37.3 Å². The number of alkyl carbamates (subject to hydrolysis) is 1. The summed E-state index contributed by atoms with van der Waals surface area (Å²) in [6, 6.07) is 17.2. The number of aliphatic hydroxyl groups excluding tert-OH is 1. The number of rotatable bonds is 12. The Hall–Kier alpha value is -3.59. The number of nitrogens with one attached hydrogen (secondary N) is 3. The molecule has 3 atom stereocenters. The normalized spacial score (nSPS) is 13.3. The SMILES string of the molecule is C[C@@H](NC(=O)C(O)C(CCCCNC(=O)OCc1ccccc1)NC(=O)O)c1ccccc1. The minimum absolute atomic E-state index is 0.167. The Morgan fingerprint density at radius 3 is 2.21 bits per heavy atom. The van der Waals surface area contributed by atoms with E-state index in [0.29, 0.717) is 19.4 Å². The van der Waals surface area contributed by atoms with Crippen LogP contribution in [0.15, 0.2) is 60.7 Å². The van der Waals surface area contributed by atoms with E-state index in [9.17, 15) is 19.5 Å². The van der Waals surface area contributed by atoms with Crippen LogP contribution in [0.5, 0.6) is 0 Å². The van der Waals surface area contributed by atoms with Crippen molar-refractivity contribution in [3.05, 3.63) is 71.8 Å². The highest BCUT2D eigenvalue weighted by atomic mass is 16.5. The van der Waals surface area contributed by atoms with E-state index >= 15 is 0 Å². The van der Waals surface area contributed by atoms with Gasteiger partial charge in [-0.25, -0.2) is 9.59 Å². The highest BCUT2D eigenvalue weighted by molar-refractivity contribution is 5.82. The van der Waals surface area contributed by atoms with E-state index in [1.54, 1.807) is 6.92 Å². The molecule has 2 rings (SSSR count). The van der Waals surface area contributed by atoms with Gasteiger partial charge in [0.25, 0.3) is 5.91 Å². The van der Waals surface area contributed by atoms with E-state index in [1.807, 2.05) is 60.7 Å². The van der Waals surface area contributed by atoms with Gasteiger partial charge in [0.1, 0.15) is 6.61 Å². The number of hydrogen-bond donors (Lipinski definition) is 5. The molecule has 0 spiro atoms. The number of ether oxygens (including phenoxy) is 1. The third-order valence-electron chi connectivity index (χ3n) is 5.04. The molecule has 2 unspecified atom stereocenters. The first-order valence-electron chi connectivity index (χ1n) is 10.8. The summed E-state index contributed by atoms with van der Waals surface area (Å²) in [6.45, 7) is 2.27. The maximum Gasteiger partial charge on any atom is 0.407 e. The number of unbranched alkanes of at least 4 members (excludes halogenated alkanes) is 1. The molecule has 0 radical (unpaired) electrons. The van der Waals surface area contributed by atoms with Crippen molar-refractivity contribution in [3.8, 4) is 0 Å². The lowest BCUT2D eigenvalue weighted by Crippen LogP contribution is -2.50. The van der Waals surface area contributed by atoms with Crippen molar-refractivity contribution >= 4 is 18.1 Å². The molecule has 0 aliphatic carbocycles. The summed E-state index contributed by atoms with van der Waals surface area (Å²) in [7, 11) is 0. The van der Waals surface area contributed by atoms with Gasteiger partial charge in [0.15, 0.2) is 6.10 Å². The predicted molar refractivity (Wildman–Crippen MR) is 122 cm³/mol. The monoisotopic (exact) mass is 457 g/mol. The van der Waals surface area contributed by atoms with E-state index in [4.69, 9.17) is 9.84 Å². The van der Waals surface area contributed by atoms with Crippen molar-refractivity contribution in [2.45, 2.75) is 51.0 Å². The predicted octanol–water partition coefficient (Wildman–Crippen LogP) is 2.96. The number of amides is 3. The Morgan fingerprint density at radius 2 is 1.58 bits per heavy atom. The van der Waals surface area contributed by atoms with Crippen LogP contribution in [0.25, 0.3) is 0 Å². The molecule has 9 nitrogen and oxygen atoms in total. The van der Waals surface area contributed by atoms with Gasteiger partial charge in [0, 0.05) is 6.54 Å². The first-order chi connectivity index (χ1) is 15.9. The molecule has 0 heterocycles. The molecule has 0 saturated carbocycles. The second-order valence-corrected chi connectivity index (χ2v) is 7.63. The van der Waals surface area contributed by atoms with Crippen molar-refractivity contribution < 1.29 is 29.3 Å². The molecule has 0 bridgehead atoms. The molecule has 2 aromatic carbocycles. The smallest absolute Gasteiger partial charge is 0.407 e. The lowest BCUT2D eigenvalue weighted by Gasteiger charge is -2.24. The molecule has 178 valence electrons. The number of carbonyl (C=O) groups excluding carboxylic acids is 2. The highest BCUT2D eigenvalue weighted by Crippen LogP contribution is 2.13.